The van der Waals surface area contributed by atoms with Gasteiger partial charge in [-0.3, -0.25) is 0 Å². The molecule has 0 aliphatic carbocycles. The first-order valence-electron chi connectivity index (χ1n) is 8.23. The van der Waals surface area contributed by atoms with E-state index < -0.39 is 5.60 Å². The minimum Gasteiger partial charge on any atom is -0.508 e. The molecule has 1 rings (SSSR count). The van der Waals surface area contributed by atoms with Crippen LogP contribution in [-0.2, 0) is 4.74 Å². The molecule has 1 unspecified atom stereocenters. The summed E-state index contributed by atoms with van der Waals surface area (Å²) >= 11 is 0. The van der Waals surface area contributed by atoms with Crippen molar-refractivity contribution in [3.63, 3.8) is 0 Å². The maximum Gasteiger partial charge on any atom is 0.410 e. The van der Waals surface area contributed by atoms with Crippen LogP contribution in [-0.4, -0.2) is 41.3 Å². The van der Waals surface area contributed by atoms with Gasteiger partial charge in [0.25, 0.3) is 0 Å². The molecule has 0 saturated carbocycles. The molecular formula is C18H30N2O3. The fraction of sp³-hybridized carbons (Fsp3) is 0.611. The first-order valence-corrected chi connectivity index (χ1v) is 8.23. The number of nitrogens with one attached hydrogen (secondary N) is 1. The summed E-state index contributed by atoms with van der Waals surface area (Å²) in [5.41, 5.74) is 0.411. The van der Waals surface area contributed by atoms with Crippen LogP contribution in [0.5, 0.6) is 5.75 Å². The quantitative estimate of drug-likeness (QED) is 0.752. The van der Waals surface area contributed by atoms with Crippen LogP contribution >= 0.6 is 0 Å². The van der Waals surface area contributed by atoms with Gasteiger partial charge in [0.15, 0.2) is 0 Å². The van der Waals surface area contributed by atoms with E-state index in [0.717, 1.165) is 18.5 Å². The monoisotopic (exact) mass is 322 g/mol. The molecule has 1 atom stereocenters. The van der Waals surface area contributed by atoms with Gasteiger partial charge in [-0.05, 0) is 53.7 Å². The second-order valence-corrected chi connectivity index (χ2v) is 6.65. The highest BCUT2D eigenvalue weighted by Crippen LogP contribution is 2.22. The van der Waals surface area contributed by atoms with E-state index in [1.807, 2.05) is 52.8 Å². The number of amides is 1. The molecule has 1 amide bonds. The van der Waals surface area contributed by atoms with Crippen LogP contribution in [0.15, 0.2) is 24.3 Å². The van der Waals surface area contributed by atoms with Gasteiger partial charge >= 0.3 is 6.09 Å². The number of carbonyl (C=O) groups is 1. The van der Waals surface area contributed by atoms with E-state index in [1.165, 1.54) is 0 Å². The van der Waals surface area contributed by atoms with Gasteiger partial charge in [-0.15, -0.1) is 0 Å². The average Bonchev–Trinajstić information content (AvgIpc) is 2.45. The molecule has 0 saturated heterocycles. The van der Waals surface area contributed by atoms with Crippen molar-refractivity contribution >= 4 is 6.09 Å². The molecule has 0 fully saturated rings. The second kappa shape index (κ2) is 8.77. The van der Waals surface area contributed by atoms with Crippen LogP contribution in [0.25, 0.3) is 0 Å². The lowest BCUT2D eigenvalue weighted by Crippen LogP contribution is -2.38. The SMILES string of the molecule is CCN(CCCNC(C)c1ccccc1O)C(=O)OC(C)(C)C. The van der Waals surface area contributed by atoms with Gasteiger partial charge in [-0.1, -0.05) is 18.2 Å². The lowest BCUT2D eigenvalue weighted by Gasteiger charge is -2.26. The molecule has 0 radical (unpaired) electrons. The number of para-hydroxylation sites is 1. The third-order valence-electron chi connectivity index (χ3n) is 3.49. The van der Waals surface area contributed by atoms with Crippen LogP contribution in [0.3, 0.4) is 0 Å². The highest BCUT2D eigenvalue weighted by atomic mass is 16.6. The van der Waals surface area contributed by atoms with Crippen LogP contribution in [0.1, 0.15) is 52.6 Å². The smallest absolute Gasteiger partial charge is 0.410 e. The summed E-state index contributed by atoms with van der Waals surface area (Å²) in [5.74, 6) is 0.302. The zero-order valence-electron chi connectivity index (χ0n) is 14.9. The molecule has 1 aromatic rings. The van der Waals surface area contributed by atoms with E-state index in [9.17, 15) is 9.90 Å². The van der Waals surface area contributed by atoms with Gasteiger partial charge in [0.1, 0.15) is 11.4 Å². The Morgan fingerprint density at radius 2 is 2.00 bits per heavy atom. The molecule has 0 bridgehead atoms. The highest BCUT2D eigenvalue weighted by Gasteiger charge is 2.20. The first kappa shape index (κ1) is 19.3. The molecule has 130 valence electrons. The number of benzene rings is 1. The summed E-state index contributed by atoms with van der Waals surface area (Å²) in [6.45, 7) is 11.6. The normalized spacial score (nSPS) is 12.7. The minimum atomic E-state index is -0.470. The predicted octanol–water partition coefficient (Wildman–Crippen LogP) is 3.69. The fourth-order valence-corrected chi connectivity index (χ4v) is 2.26. The summed E-state index contributed by atoms with van der Waals surface area (Å²) in [6.07, 6.45) is 0.555. The Bertz CT molecular complexity index is 497. The predicted molar refractivity (Wildman–Crippen MR) is 92.6 cm³/mol. The van der Waals surface area contributed by atoms with E-state index in [2.05, 4.69) is 5.32 Å². The number of phenolic OH excluding ortho intramolecular Hbond substituents is 1. The van der Waals surface area contributed by atoms with E-state index in [1.54, 1.807) is 11.0 Å². The van der Waals surface area contributed by atoms with Crippen molar-refractivity contribution in [1.29, 1.82) is 0 Å². The topological polar surface area (TPSA) is 61.8 Å². The average molecular weight is 322 g/mol. The zero-order valence-corrected chi connectivity index (χ0v) is 14.9. The Morgan fingerprint density at radius 1 is 1.35 bits per heavy atom. The van der Waals surface area contributed by atoms with E-state index >= 15 is 0 Å². The third kappa shape index (κ3) is 6.91. The van der Waals surface area contributed by atoms with E-state index in [4.69, 9.17) is 4.74 Å². The highest BCUT2D eigenvalue weighted by molar-refractivity contribution is 5.68. The lowest BCUT2D eigenvalue weighted by molar-refractivity contribution is 0.0258. The van der Waals surface area contributed by atoms with Crippen molar-refractivity contribution in [3.8, 4) is 5.75 Å². The number of nitrogens with zero attached hydrogens (tertiary/aromatic N) is 1. The van der Waals surface area contributed by atoms with Crippen molar-refractivity contribution in [2.75, 3.05) is 19.6 Å². The molecule has 0 heterocycles. The van der Waals surface area contributed by atoms with Crippen LogP contribution in [0.4, 0.5) is 4.79 Å². The Morgan fingerprint density at radius 3 is 2.57 bits per heavy atom. The summed E-state index contributed by atoms with van der Waals surface area (Å²) in [6, 6.07) is 7.38. The Balaban J connectivity index is 2.38. The summed E-state index contributed by atoms with van der Waals surface area (Å²) in [5, 5.41) is 13.2. The molecule has 1 aromatic carbocycles. The van der Waals surface area contributed by atoms with E-state index in [-0.39, 0.29) is 12.1 Å². The van der Waals surface area contributed by atoms with Crippen molar-refractivity contribution in [3.05, 3.63) is 29.8 Å². The minimum absolute atomic E-state index is 0.0628. The van der Waals surface area contributed by atoms with Crippen molar-refractivity contribution in [2.45, 2.75) is 52.7 Å². The van der Waals surface area contributed by atoms with Gasteiger partial charge in [-0.25, -0.2) is 4.79 Å². The number of carbonyl (C=O) groups excluding carboxylic acids is 1. The molecular weight excluding hydrogens is 292 g/mol. The van der Waals surface area contributed by atoms with Crippen molar-refractivity contribution < 1.29 is 14.6 Å². The van der Waals surface area contributed by atoms with Crippen LogP contribution < -0.4 is 5.32 Å². The van der Waals surface area contributed by atoms with E-state index in [0.29, 0.717) is 18.8 Å². The standard InChI is InChI=1S/C18H30N2O3/c1-6-20(17(22)23-18(3,4)5)13-9-12-19-14(2)15-10-7-8-11-16(15)21/h7-8,10-11,14,19,21H,6,9,12-13H2,1-5H3. The molecule has 5 heteroatoms. The molecule has 0 aliphatic rings. The van der Waals surface area contributed by atoms with Gasteiger partial charge in [-0.2, -0.15) is 0 Å². The molecule has 0 aliphatic heterocycles. The number of ether oxygens (including phenoxy) is 1. The summed E-state index contributed by atoms with van der Waals surface area (Å²) in [7, 11) is 0. The second-order valence-electron chi connectivity index (χ2n) is 6.65. The Kier molecular flexibility index (Phi) is 7.36. The maximum atomic E-state index is 12.0. The maximum absolute atomic E-state index is 12.0. The largest absolute Gasteiger partial charge is 0.508 e. The van der Waals surface area contributed by atoms with Gasteiger partial charge < -0.3 is 20.1 Å². The van der Waals surface area contributed by atoms with Crippen LogP contribution in [0, 0.1) is 0 Å². The number of phenols is 1. The Hall–Kier alpha value is -1.75. The molecule has 2 N–H and O–H groups in total. The zero-order chi connectivity index (χ0) is 17.5. The molecule has 0 spiro atoms. The number of hydrogen-bond donors (Lipinski definition) is 2. The lowest BCUT2D eigenvalue weighted by atomic mass is 10.1. The summed E-state index contributed by atoms with van der Waals surface area (Å²) < 4.78 is 5.39. The number of aromatic hydroxyl groups is 1. The Labute approximate surface area is 139 Å². The number of hydrogen-bond acceptors (Lipinski definition) is 4. The summed E-state index contributed by atoms with van der Waals surface area (Å²) in [4.78, 5) is 13.7. The molecule has 5 nitrogen and oxygen atoms in total. The molecule has 23 heavy (non-hydrogen) atoms. The van der Waals surface area contributed by atoms with Gasteiger partial charge in [0, 0.05) is 24.7 Å². The molecule has 0 aromatic heterocycles. The van der Waals surface area contributed by atoms with Crippen molar-refractivity contribution in [2.24, 2.45) is 0 Å². The fourth-order valence-electron chi connectivity index (χ4n) is 2.26. The number of rotatable bonds is 7. The van der Waals surface area contributed by atoms with Gasteiger partial charge in [0.2, 0.25) is 0 Å². The van der Waals surface area contributed by atoms with Gasteiger partial charge in [0.05, 0.1) is 0 Å². The first-order chi connectivity index (χ1) is 10.7. The van der Waals surface area contributed by atoms with Crippen LogP contribution in [0.2, 0.25) is 0 Å². The third-order valence-corrected chi connectivity index (χ3v) is 3.49. The van der Waals surface area contributed by atoms with Crippen molar-refractivity contribution in [1.82, 2.24) is 10.2 Å².